The average Bonchev–Trinajstić information content (AvgIpc) is 3.54. The van der Waals surface area contributed by atoms with E-state index in [1.807, 2.05) is 55.5 Å². The third kappa shape index (κ3) is 5.40. The van der Waals surface area contributed by atoms with E-state index in [1.54, 1.807) is 18.2 Å². The highest BCUT2D eigenvalue weighted by Gasteiger charge is 2.22. The maximum absolute atomic E-state index is 13.0. The Morgan fingerprint density at radius 3 is 2.70 bits per heavy atom. The second kappa shape index (κ2) is 10.2. The quantitative estimate of drug-likeness (QED) is 0.327. The number of benzene rings is 2. The molecule has 0 radical (unpaired) electrons. The Morgan fingerprint density at radius 1 is 1.09 bits per heavy atom. The fourth-order valence-corrected chi connectivity index (χ4v) is 3.10. The summed E-state index contributed by atoms with van der Waals surface area (Å²) in [5, 5.41) is 14.4. The minimum Gasteiger partial charge on any atom is -0.465 e. The molecule has 0 saturated heterocycles. The Bertz CT molecular complexity index is 1260. The summed E-state index contributed by atoms with van der Waals surface area (Å²) < 4.78 is 11.9. The third-order valence-electron chi connectivity index (χ3n) is 4.71. The normalized spacial score (nSPS) is 11.2. The summed E-state index contributed by atoms with van der Waals surface area (Å²) in [4.78, 5) is 25.3. The zero-order valence-corrected chi connectivity index (χ0v) is 17.8. The van der Waals surface area contributed by atoms with Gasteiger partial charge < -0.3 is 14.5 Å². The minimum absolute atomic E-state index is 0.00502. The zero-order chi connectivity index (χ0) is 23.0. The molecule has 0 aliphatic heterocycles. The molecule has 0 unspecified atom stereocenters. The molecule has 0 aliphatic rings. The third-order valence-corrected chi connectivity index (χ3v) is 4.71. The number of tetrazole rings is 1. The molecule has 9 heteroatoms. The van der Waals surface area contributed by atoms with Gasteiger partial charge >= 0.3 is 5.97 Å². The van der Waals surface area contributed by atoms with E-state index in [9.17, 15) is 9.59 Å². The number of esters is 1. The monoisotopic (exact) mass is 443 g/mol. The van der Waals surface area contributed by atoms with Crippen molar-refractivity contribution in [1.29, 1.82) is 0 Å². The topological polar surface area (TPSA) is 112 Å². The van der Waals surface area contributed by atoms with Gasteiger partial charge in [0, 0.05) is 17.3 Å². The molecule has 0 fully saturated rings. The van der Waals surface area contributed by atoms with Crippen LogP contribution in [-0.2, 0) is 20.7 Å². The first-order valence-corrected chi connectivity index (χ1v) is 10.3. The number of rotatable bonds is 8. The van der Waals surface area contributed by atoms with Crippen LogP contribution in [0.25, 0.3) is 23.2 Å². The van der Waals surface area contributed by atoms with Crippen molar-refractivity contribution in [2.45, 2.75) is 13.3 Å². The second-order valence-corrected chi connectivity index (χ2v) is 7.00. The Morgan fingerprint density at radius 2 is 1.94 bits per heavy atom. The number of aryl methyl sites for hydroxylation is 1. The summed E-state index contributed by atoms with van der Waals surface area (Å²) in [6.45, 7) is 1.55. The number of carbonyl (C=O) groups is 2. The van der Waals surface area contributed by atoms with Crippen LogP contribution in [0.3, 0.4) is 0 Å². The van der Waals surface area contributed by atoms with Crippen molar-refractivity contribution < 1.29 is 18.7 Å². The van der Waals surface area contributed by atoms with Crippen LogP contribution in [-0.4, -0.2) is 38.7 Å². The van der Waals surface area contributed by atoms with E-state index in [0.717, 1.165) is 12.0 Å². The van der Waals surface area contributed by atoms with Crippen molar-refractivity contribution in [2.24, 2.45) is 0 Å². The molecule has 0 aliphatic carbocycles. The van der Waals surface area contributed by atoms with Gasteiger partial charge in [0.05, 0.1) is 6.26 Å². The lowest BCUT2D eigenvalue weighted by Crippen LogP contribution is -2.23. The van der Waals surface area contributed by atoms with Crippen LogP contribution in [0.5, 0.6) is 0 Å². The molecule has 2 aromatic carbocycles. The number of hydrogen-bond donors (Lipinski definition) is 1. The molecule has 2 aromatic heterocycles. The summed E-state index contributed by atoms with van der Waals surface area (Å²) in [7, 11) is 0. The van der Waals surface area contributed by atoms with Gasteiger partial charge in [-0.1, -0.05) is 49.4 Å². The molecular formula is C24H21N5O4. The van der Waals surface area contributed by atoms with Crippen LogP contribution in [0.1, 0.15) is 18.2 Å². The molecule has 0 spiro atoms. The molecule has 1 amide bonds. The van der Waals surface area contributed by atoms with E-state index in [1.165, 1.54) is 17.0 Å². The van der Waals surface area contributed by atoms with E-state index in [4.69, 9.17) is 9.15 Å². The number of hydrogen-bond acceptors (Lipinski definition) is 7. The summed E-state index contributed by atoms with van der Waals surface area (Å²) in [5.74, 6) is -0.509. The molecule has 4 aromatic rings. The van der Waals surface area contributed by atoms with E-state index in [2.05, 4.69) is 20.8 Å². The van der Waals surface area contributed by atoms with Gasteiger partial charge in [0.2, 0.25) is 0 Å². The zero-order valence-electron chi connectivity index (χ0n) is 17.8. The number of furan rings is 1. The number of nitrogens with one attached hydrogen (secondary N) is 1. The number of carbonyl (C=O) groups excluding carboxylic acids is 2. The SMILES string of the molecule is CCc1cccc(NC(=O)COC(=O)/C(=C/c2ccco2)n2nnnc2-c2ccccc2)c1. The molecule has 0 saturated carbocycles. The number of amides is 1. The van der Waals surface area contributed by atoms with Gasteiger partial charge in [0.25, 0.3) is 5.91 Å². The van der Waals surface area contributed by atoms with Crippen LogP contribution in [0.15, 0.2) is 77.4 Å². The van der Waals surface area contributed by atoms with Gasteiger partial charge in [-0.05, 0) is 46.7 Å². The maximum atomic E-state index is 13.0. The van der Waals surface area contributed by atoms with Crippen molar-refractivity contribution >= 4 is 29.3 Å². The Labute approximate surface area is 189 Å². The Kier molecular flexibility index (Phi) is 6.70. The van der Waals surface area contributed by atoms with E-state index >= 15 is 0 Å². The van der Waals surface area contributed by atoms with Crippen molar-refractivity contribution in [3.63, 3.8) is 0 Å². The molecule has 2 heterocycles. The van der Waals surface area contributed by atoms with Gasteiger partial charge in [0.15, 0.2) is 18.1 Å². The molecule has 0 bridgehead atoms. The van der Waals surface area contributed by atoms with Crippen LogP contribution in [0.4, 0.5) is 5.69 Å². The highest BCUT2D eigenvalue weighted by Crippen LogP contribution is 2.21. The van der Waals surface area contributed by atoms with Gasteiger partial charge in [-0.15, -0.1) is 5.10 Å². The minimum atomic E-state index is -0.784. The van der Waals surface area contributed by atoms with Crippen molar-refractivity contribution in [3.8, 4) is 11.4 Å². The number of ether oxygens (including phenoxy) is 1. The lowest BCUT2D eigenvalue weighted by Gasteiger charge is -2.10. The number of aromatic nitrogens is 4. The lowest BCUT2D eigenvalue weighted by molar-refractivity contribution is -0.141. The highest BCUT2D eigenvalue weighted by molar-refractivity contribution is 6.16. The first-order valence-electron chi connectivity index (χ1n) is 10.3. The summed E-state index contributed by atoms with van der Waals surface area (Å²) in [6.07, 6.45) is 3.77. The Balaban J connectivity index is 1.53. The van der Waals surface area contributed by atoms with Gasteiger partial charge in [-0.3, -0.25) is 4.79 Å². The summed E-state index contributed by atoms with van der Waals surface area (Å²) in [6, 6.07) is 20.0. The average molecular weight is 443 g/mol. The van der Waals surface area contributed by atoms with Crippen molar-refractivity contribution in [2.75, 3.05) is 11.9 Å². The van der Waals surface area contributed by atoms with Gasteiger partial charge in [-0.2, -0.15) is 4.68 Å². The largest absolute Gasteiger partial charge is 0.465 e. The molecular weight excluding hydrogens is 422 g/mol. The molecule has 9 nitrogen and oxygen atoms in total. The van der Waals surface area contributed by atoms with Crippen molar-refractivity contribution in [1.82, 2.24) is 20.2 Å². The first kappa shape index (κ1) is 21.7. The number of anilines is 1. The predicted molar refractivity (Wildman–Crippen MR) is 122 cm³/mol. The van der Waals surface area contributed by atoms with Crippen LogP contribution < -0.4 is 5.32 Å². The smallest absolute Gasteiger partial charge is 0.357 e. The standard InChI is InChI=1S/C24H21N5O4/c1-2-17-8-6-11-19(14-17)25-22(30)16-33-24(31)21(15-20-12-7-13-32-20)29-23(26-27-28-29)18-9-4-3-5-10-18/h3-15H,2,16H2,1H3,(H,25,30)/b21-15-. The second-order valence-electron chi connectivity index (χ2n) is 7.00. The lowest BCUT2D eigenvalue weighted by atomic mass is 10.1. The predicted octanol–water partition coefficient (Wildman–Crippen LogP) is 3.68. The Hall–Kier alpha value is -4.53. The molecule has 33 heavy (non-hydrogen) atoms. The molecule has 4 rings (SSSR count). The maximum Gasteiger partial charge on any atom is 0.357 e. The summed E-state index contributed by atoms with van der Waals surface area (Å²) >= 11 is 0. The van der Waals surface area contributed by atoms with Gasteiger partial charge in [0.1, 0.15) is 5.76 Å². The van der Waals surface area contributed by atoms with E-state index in [-0.39, 0.29) is 5.70 Å². The van der Waals surface area contributed by atoms with E-state index in [0.29, 0.717) is 22.8 Å². The fraction of sp³-hybridized carbons (Fsp3) is 0.125. The van der Waals surface area contributed by atoms with Crippen molar-refractivity contribution in [3.05, 3.63) is 84.3 Å². The molecule has 1 N–H and O–H groups in total. The molecule has 0 atom stereocenters. The summed E-state index contributed by atoms with van der Waals surface area (Å²) in [5.41, 5.74) is 2.41. The molecule has 166 valence electrons. The highest BCUT2D eigenvalue weighted by atomic mass is 16.5. The first-order chi connectivity index (χ1) is 16.1. The van der Waals surface area contributed by atoms with Crippen LogP contribution in [0.2, 0.25) is 0 Å². The fourth-order valence-electron chi connectivity index (χ4n) is 3.10. The number of nitrogens with zero attached hydrogens (tertiary/aromatic N) is 4. The van der Waals surface area contributed by atoms with Crippen LogP contribution in [0, 0.1) is 0 Å². The van der Waals surface area contributed by atoms with E-state index < -0.39 is 18.5 Å². The van der Waals surface area contributed by atoms with Crippen LogP contribution >= 0.6 is 0 Å². The van der Waals surface area contributed by atoms with Gasteiger partial charge in [-0.25, -0.2) is 4.79 Å².